The third-order valence-electron chi connectivity index (χ3n) is 7.01. The maximum Gasteiger partial charge on any atom is 0.282 e. The van der Waals surface area contributed by atoms with Gasteiger partial charge in [0.1, 0.15) is 29.0 Å². The van der Waals surface area contributed by atoms with Gasteiger partial charge in [-0.1, -0.05) is 18.2 Å². The van der Waals surface area contributed by atoms with E-state index >= 15 is 17.6 Å². The molecule has 1 aromatic heterocycles. The first-order valence-electron chi connectivity index (χ1n) is 12.7. The molecular weight excluding hydrogens is 502 g/mol. The average Bonchev–Trinajstić information content (AvgIpc) is 3.14. The molecule has 5 nitrogen and oxygen atoms in total. The molecule has 200 valence electrons. The monoisotopic (exact) mass is 535 g/mol. The van der Waals surface area contributed by atoms with E-state index in [9.17, 15) is 0 Å². The molecule has 3 aromatic rings. The minimum absolute atomic E-state index is 0.0860. The van der Waals surface area contributed by atoms with Gasteiger partial charge in [-0.3, -0.25) is 4.90 Å². The fourth-order valence-electron chi connectivity index (χ4n) is 5.10. The summed E-state index contributed by atoms with van der Waals surface area (Å²) in [5.41, 5.74) is 1.40. The first-order valence-corrected chi connectivity index (χ1v) is 16.1. The molecule has 37 heavy (non-hydrogen) atoms. The van der Waals surface area contributed by atoms with Crippen molar-refractivity contribution in [3.8, 4) is 0 Å². The van der Waals surface area contributed by atoms with E-state index in [1.165, 1.54) is 17.0 Å². The number of para-hydroxylation sites is 1. The predicted octanol–water partition coefficient (Wildman–Crippen LogP) is 5.92. The van der Waals surface area contributed by atoms with E-state index in [-0.39, 0.29) is 11.6 Å². The number of fused-ring (bicyclic) bond motifs is 3. The lowest BCUT2D eigenvalue weighted by atomic mass is 9.88. The molecule has 0 radical (unpaired) electrons. The molecule has 0 bridgehead atoms. The largest absolute Gasteiger partial charge is 0.459 e. The van der Waals surface area contributed by atoms with Crippen LogP contribution in [0.1, 0.15) is 29.9 Å². The number of nitrogens with zero attached hydrogens (tertiary/aromatic N) is 1. The van der Waals surface area contributed by atoms with Crippen molar-refractivity contribution in [3.63, 3.8) is 0 Å². The van der Waals surface area contributed by atoms with Crippen molar-refractivity contribution >= 4 is 25.0 Å². The lowest BCUT2D eigenvalue weighted by molar-refractivity contribution is -0.0835. The van der Waals surface area contributed by atoms with E-state index in [4.69, 9.17) is 8.84 Å². The molecule has 0 spiro atoms. The number of halogens is 4. The van der Waals surface area contributed by atoms with Gasteiger partial charge in [0.15, 0.2) is 8.32 Å². The molecule has 0 aliphatic carbocycles. The Balaban J connectivity index is 1.57. The summed E-state index contributed by atoms with van der Waals surface area (Å²) in [5, 5.41) is 7.04. The lowest BCUT2D eigenvalue weighted by Gasteiger charge is -2.42. The Morgan fingerprint density at radius 3 is 2.43 bits per heavy atom. The summed E-state index contributed by atoms with van der Waals surface area (Å²) in [5.74, 6) is -4.51. The van der Waals surface area contributed by atoms with Gasteiger partial charge in [-0.05, 0) is 51.2 Å². The Labute approximate surface area is 215 Å². The molecular formula is C27H33F4N3O2Si. The first kappa shape index (κ1) is 26.2. The van der Waals surface area contributed by atoms with E-state index in [2.05, 4.69) is 10.6 Å². The zero-order chi connectivity index (χ0) is 26.5. The van der Waals surface area contributed by atoms with Crippen molar-refractivity contribution in [1.82, 2.24) is 10.2 Å². The predicted molar refractivity (Wildman–Crippen MR) is 139 cm³/mol. The summed E-state index contributed by atoms with van der Waals surface area (Å²) >= 11 is 0. The van der Waals surface area contributed by atoms with Crippen LogP contribution in [0.25, 0.3) is 11.0 Å². The molecule has 1 fully saturated rings. The summed E-state index contributed by atoms with van der Waals surface area (Å²) < 4.78 is 73.5. The highest BCUT2D eigenvalue weighted by atomic mass is 28.4. The smallest absolute Gasteiger partial charge is 0.282 e. The van der Waals surface area contributed by atoms with Gasteiger partial charge in [-0.2, -0.15) is 0 Å². The Morgan fingerprint density at radius 2 is 1.81 bits per heavy atom. The Kier molecular flexibility index (Phi) is 6.89. The first-order chi connectivity index (χ1) is 17.4. The second kappa shape index (κ2) is 9.72. The fraction of sp³-hybridized carbons (Fsp3) is 0.481. The lowest BCUT2D eigenvalue weighted by Crippen LogP contribution is -2.51. The van der Waals surface area contributed by atoms with E-state index in [1.54, 1.807) is 6.07 Å². The number of hydrogen-bond donors (Lipinski definition) is 2. The van der Waals surface area contributed by atoms with Gasteiger partial charge < -0.3 is 19.5 Å². The summed E-state index contributed by atoms with van der Waals surface area (Å²) in [6.07, 6.45) is 0.422. The maximum absolute atomic E-state index is 15.7. The molecule has 3 heterocycles. The highest BCUT2D eigenvalue weighted by Gasteiger charge is 2.45. The molecule has 2 atom stereocenters. The van der Waals surface area contributed by atoms with Crippen LogP contribution in [-0.4, -0.2) is 57.5 Å². The van der Waals surface area contributed by atoms with Crippen LogP contribution < -0.4 is 10.6 Å². The normalized spacial score (nSPS) is 21.2. The SMILES string of the molecule is C[C@@H]1Cc2c(oc3ccccc23)[C@@H](c2c(F)cc(NC3CNC3)cc2F)N1CC(F)(F)CO[Si](C)(C)C. The Morgan fingerprint density at radius 1 is 1.14 bits per heavy atom. The summed E-state index contributed by atoms with van der Waals surface area (Å²) in [7, 11) is -2.20. The number of nitrogens with one attached hydrogen (secondary N) is 2. The van der Waals surface area contributed by atoms with E-state index in [0.717, 1.165) is 10.9 Å². The quantitative estimate of drug-likeness (QED) is 0.277. The molecule has 0 unspecified atom stereocenters. The molecule has 5 rings (SSSR count). The van der Waals surface area contributed by atoms with Crippen LogP contribution in [0.3, 0.4) is 0 Å². The van der Waals surface area contributed by atoms with Crippen molar-refractivity contribution in [2.24, 2.45) is 0 Å². The number of benzene rings is 2. The summed E-state index contributed by atoms with van der Waals surface area (Å²) in [6.45, 7) is 7.29. The van der Waals surface area contributed by atoms with Gasteiger partial charge in [0.05, 0.1) is 19.2 Å². The average molecular weight is 536 g/mol. The van der Waals surface area contributed by atoms with Crippen LogP contribution in [0.15, 0.2) is 40.8 Å². The van der Waals surface area contributed by atoms with Crippen molar-refractivity contribution < 1.29 is 26.4 Å². The molecule has 0 amide bonds. The van der Waals surface area contributed by atoms with Crippen molar-refractivity contribution in [1.29, 1.82) is 0 Å². The van der Waals surface area contributed by atoms with E-state index < -0.39 is 51.1 Å². The molecule has 1 saturated heterocycles. The van der Waals surface area contributed by atoms with Crippen molar-refractivity contribution in [3.05, 3.63) is 64.9 Å². The third-order valence-corrected chi connectivity index (χ3v) is 8.02. The van der Waals surface area contributed by atoms with Crippen LogP contribution >= 0.6 is 0 Å². The van der Waals surface area contributed by atoms with Crippen molar-refractivity contribution in [2.75, 3.05) is 31.6 Å². The number of hydrogen-bond acceptors (Lipinski definition) is 5. The molecule has 2 aliphatic heterocycles. The summed E-state index contributed by atoms with van der Waals surface area (Å²) in [4.78, 5) is 1.46. The van der Waals surface area contributed by atoms with E-state index in [1.807, 2.05) is 44.8 Å². The van der Waals surface area contributed by atoms with Crippen LogP contribution in [0.4, 0.5) is 23.2 Å². The minimum Gasteiger partial charge on any atom is -0.459 e. The zero-order valence-corrected chi connectivity index (χ0v) is 22.5. The van der Waals surface area contributed by atoms with Gasteiger partial charge in [-0.15, -0.1) is 0 Å². The van der Waals surface area contributed by atoms with Crippen molar-refractivity contribution in [2.45, 2.75) is 57.0 Å². The number of alkyl halides is 2. The van der Waals surface area contributed by atoms with E-state index in [0.29, 0.717) is 36.5 Å². The molecule has 0 saturated carbocycles. The third kappa shape index (κ3) is 5.43. The fourth-order valence-corrected chi connectivity index (χ4v) is 5.75. The van der Waals surface area contributed by atoms with Gasteiger partial charge in [0.2, 0.25) is 0 Å². The second-order valence-electron chi connectivity index (χ2n) is 11.2. The van der Waals surface area contributed by atoms with Gasteiger partial charge in [-0.25, -0.2) is 17.6 Å². The van der Waals surface area contributed by atoms with Crippen LogP contribution in [-0.2, 0) is 10.8 Å². The van der Waals surface area contributed by atoms with Gasteiger partial charge >= 0.3 is 0 Å². The van der Waals surface area contributed by atoms with Gasteiger partial charge in [0, 0.05) is 41.3 Å². The highest BCUT2D eigenvalue weighted by Crippen LogP contribution is 2.45. The zero-order valence-electron chi connectivity index (χ0n) is 21.5. The maximum atomic E-state index is 15.7. The molecule has 10 heteroatoms. The number of furan rings is 1. The van der Waals surface area contributed by atoms with Gasteiger partial charge in [0.25, 0.3) is 5.92 Å². The molecule has 2 aromatic carbocycles. The molecule has 2 aliphatic rings. The molecule has 2 N–H and O–H groups in total. The minimum atomic E-state index is -3.22. The summed E-state index contributed by atoms with van der Waals surface area (Å²) in [6, 6.07) is 8.34. The van der Waals surface area contributed by atoms with Crippen LogP contribution in [0.5, 0.6) is 0 Å². The second-order valence-corrected chi connectivity index (χ2v) is 15.7. The van der Waals surface area contributed by atoms with Crippen LogP contribution in [0.2, 0.25) is 19.6 Å². The Hall–Kier alpha value is -2.40. The van der Waals surface area contributed by atoms with Crippen LogP contribution in [0, 0.1) is 11.6 Å². The standard InChI is InChI=1S/C27H33F4N3O2Si/c1-16-9-20-19-7-5-6-8-23(19)36-26(20)25(34(16)14-27(30,31)15-35-37(2,3)4)24-21(28)10-17(11-22(24)29)33-18-12-32-13-18/h5-8,10-11,16,18,25,32-33H,9,12-15H2,1-4H3/t16-,25-/m1/s1. The highest BCUT2D eigenvalue weighted by molar-refractivity contribution is 6.69. The Bertz CT molecular complexity index is 1270. The topological polar surface area (TPSA) is 49.7 Å². The number of anilines is 1. The number of rotatable bonds is 8.